The summed E-state index contributed by atoms with van der Waals surface area (Å²) in [6, 6.07) is 6.73. The minimum absolute atomic E-state index is 0.0308. The molecule has 1 aliphatic heterocycles. The van der Waals surface area contributed by atoms with Gasteiger partial charge in [0.05, 0.1) is 17.8 Å². The van der Waals surface area contributed by atoms with Gasteiger partial charge in [-0.1, -0.05) is 12.1 Å². The number of hydrogen-bond donors (Lipinski definition) is 1. The van der Waals surface area contributed by atoms with E-state index in [2.05, 4.69) is 21.2 Å². The lowest BCUT2D eigenvalue weighted by Gasteiger charge is -2.22. The molecule has 0 bridgehead atoms. The van der Waals surface area contributed by atoms with Gasteiger partial charge in [0.1, 0.15) is 4.88 Å². The molecule has 29 heavy (non-hydrogen) atoms. The normalized spacial score (nSPS) is 15.8. The quantitative estimate of drug-likeness (QED) is 0.695. The average molecular weight is 490 g/mol. The highest BCUT2D eigenvalue weighted by Crippen LogP contribution is 2.34. The number of nitrogens with zero attached hydrogens (tertiary/aromatic N) is 2. The number of para-hydroxylation sites is 1. The van der Waals surface area contributed by atoms with Crippen molar-refractivity contribution in [1.82, 2.24) is 9.80 Å². The summed E-state index contributed by atoms with van der Waals surface area (Å²) in [5, 5.41) is 4.20. The molecule has 0 saturated carbocycles. The molecule has 1 aromatic heterocycles. The number of anilines is 1. The molecule has 0 aliphatic carbocycles. The maximum atomic E-state index is 13.1. The van der Waals surface area contributed by atoms with Crippen molar-refractivity contribution in [2.75, 3.05) is 38.0 Å². The highest BCUT2D eigenvalue weighted by molar-refractivity contribution is 9.10. The molecule has 1 fully saturated rings. The minimum atomic E-state index is -4.54. The molecule has 1 N–H and O–H groups in total. The van der Waals surface area contributed by atoms with Crippen LogP contribution in [0.1, 0.15) is 21.7 Å². The van der Waals surface area contributed by atoms with E-state index >= 15 is 0 Å². The second-order valence-electron chi connectivity index (χ2n) is 6.61. The second-order valence-corrected chi connectivity index (χ2v) is 8.38. The Balaban J connectivity index is 1.57. The van der Waals surface area contributed by atoms with Gasteiger partial charge in [-0.25, -0.2) is 0 Å². The number of halogens is 4. The maximum Gasteiger partial charge on any atom is 0.418 e. The first-order valence-corrected chi connectivity index (χ1v) is 10.6. The summed E-state index contributed by atoms with van der Waals surface area (Å²) >= 11 is 4.73. The molecule has 10 heteroatoms. The summed E-state index contributed by atoms with van der Waals surface area (Å²) in [5.74, 6) is -0.570. The first kappa shape index (κ1) is 21.8. The summed E-state index contributed by atoms with van der Waals surface area (Å²) in [4.78, 5) is 29.2. The molecule has 2 heterocycles. The van der Waals surface area contributed by atoms with Gasteiger partial charge in [-0.3, -0.25) is 14.5 Å². The third-order valence-electron chi connectivity index (χ3n) is 4.56. The first-order chi connectivity index (χ1) is 13.8. The molecule has 0 atom stereocenters. The zero-order valence-corrected chi connectivity index (χ0v) is 17.7. The van der Waals surface area contributed by atoms with Crippen LogP contribution >= 0.6 is 27.3 Å². The Labute approximate surface area is 178 Å². The van der Waals surface area contributed by atoms with Crippen molar-refractivity contribution in [3.05, 3.63) is 50.6 Å². The molecule has 1 aliphatic rings. The number of amides is 2. The molecule has 0 radical (unpaired) electrons. The first-order valence-electron chi connectivity index (χ1n) is 8.96. The van der Waals surface area contributed by atoms with Crippen LogP contribution in [0.3, 0.4) is 0 Å². The zero-order chi connectivity index (χ0) is 21.0. The lowest BCUT2D eigenvalue weighted by atomic mass is 10.1. The van der Waals surface area contributed by atoms with Gasteiger partial charge in [0.25, 0.3) is 5.91 Å². The topological polar surface area (TPSA) is 52.7 Å². The average Bonchev–Trinajstić information content (AvgIpc) is 2.95. The van der Waals surface area contributed by atoms with Gasteiger partial charge in [-0.2, -0.15) is 13.2 Å². The predicted molar refractivity (Wildman–Crippen MR) is 109 cm³/mol. The Kier molecular flexibility index (Phi) is 6.97. The van der Waals surface area contributed by atoms with Crippen LogP contribution in [0.15, 0.2) is 40.2 Å². The fourth-order valence-corrected chi connectivity index (χ4v) is 4.66. The summed E-state index contributed by atoms with van der Waals surface area (Å²) in [5.41, 5.74) is -1.12. The summed E-state index contributed by atoms with van der Waals surface area (Å²) in [6.45, 7) is 2.05. The van der Waals surface area contributed by atoms with Crippen LogP contribution in [0.5, 0.6) is 0 Å². The molecule has 1 saturated heterocycles. The van der Waals surface area contributed by atoms with Crippen molar-refractivity contribution in [3.63, 3.8) is 0 Å². The van der Waals surface area contributed by atoms with E-state index in [1.54, 1.807) is 4.90 Å². The van der Waals surface area contributed by atoms with E-state index in [-0.39, 0.29) is 18.1 Å². The highest BCUT2D eigenvalue weighted by atomic mass is 79.9. The van der Waals surface area contributed by atoms with Crippen LogP contribution in [-0.4, -0.2) is 54.3 Å². The third-order valence-corrected chi connectivity index (χ3v) is 6.39. The van der Waals surface area contributed by atoms with Crippen molar-refractivity contribution < 1.29 is 22.8 Å². The fraction of sp³-hybridized carbons (Fsp3) is 0.368. The molecule has 2 aromatic rings. The number of benzene rings is 1. The minimum Gasteiger partial charge on any atom is -0.337 e. The Bertz CT molecular complexity index is 888. The van der Waals surface area contributed by atoms with E-state index in [0.717, 1.165) is 10.5 Å². The van der Waals surface area contributed by atoms with E-state index in [4.69, 9.17) is 0 Å². The number of nitrogens with one attached hydrogen (secondary N) is 1. The van der Waals surface area contributed by atoms with Crippen molar-refractivity contribution >= 4 is 44.8 Å². The largest absolute Gasteiger partial charge is 0.418 e. The number of rotatable bonds is 4. The lowest BCUT2D eigenvalue weighted by molar-refractivity contribution is -0.137. The fourth-order valence-electron chi connectivity index (χ4n) is 3.15. The molecule has 1 aromatic carbocycles. The van der Waals surface area contributed by atoms with Gasteiger partial charge in [0.15, 0.2) is 0 Å². The van der Waals surface area contributed by atoms with Crippen LogP contribution in [-0.2, 0) is 11.0 Å². The van der Waals surface area contributed by atoms with E-state index in [1.807, 2.05) is 16.3 Å². The van der Waals surface area contributed by atoms with Crippen LogP contribution < -0.4 is 5.32 Å². The molecule has 0 unspecified atom stereocenters. The predicted octanol–water partition coefficient (Wildman–Crippen LogP) is 4.32. The number of carbonyl (C=O) groups excluding carboxylic acids is 2. The molecule has 3 rings (SSSR count). The van der Waals surface area contributed by atoms with Crippen LogP contribution in [0, 0.1) is 0 Å². The molecular weight excluding hydrogens is 471 g/mol. The standard InChI is InChI=1S/C19H19BrF3N3O2S/c20-14-6-11-29-17(14)18(28)26-8-3-7-25(9-10-26)12-16(27)24-15-5-2-1-4-13(15)19(21,22)23/h1-2,4-6,11H,3,7-10,12H2,(H,24,27). The van der Waals surface area contributed by atoms with E-state index in [9.17, 15) is 22.8 Å². The monoisotopic (exact) mass is 489 g/mol. The molecule has 2 amide bonds. The van der Waals surface area contributed by atoms with Gasteiger partial charge in [-0.05, 0) is 45.9 Å². The smallest absolute Gasteiger partial charge is 0.337 e. The Morgan fingerprint density at radius 3 is 2.55 bits per heavy atom. The van der Waals surface area contributed by atoms with E-state index in [0.29, 0.717) is 37.5 Å². The van der Waals surface area contributed by atoms with Crippen molar-refractivity contribution in [2.45, 2.75) is 12.6 Å². The van der Waals surface area contributed by atoms with Crippen LogP contribution in [0.4, 0.5) is 18.9 Å². The summed E-state index contributed by atoms with van der Waals surface area (Å²) < 4.78 is 40.0. The third kappa shape index (κ3) is 5.58. The van der Waals surface area contributed by atoms with Gasteiger partial charge >= 0.3 is 6.18 Å². The molecule has 156 valence electrons. The highest BCUT2D eigenvalue weighted by Gasteiger charge is 2.33. The Morgan fingerprint density at radius 2 is 1.86 bits per heavy atom. The number of carbonyl (C=O) groups is 2. The zero-order valence-electron chi connectivity index (χ0n) is 15.3. The van der Waals surface area contributed by atoms with Crippen molar-refractivity contribution in [1.29, 1.82) is 0 Å². The van der Waals surface area contributed by atoms with Gasteiger partial charge in [0, 0.05) is 30.7 Å². The maximum absolute atomic E-state index is 13.1. The van der Waals surface area contributed by atoms with Crippen molar-refractivity contribution in [3.8, 4) is 0 Å². The van der Waals surface area contributed by atoms with Gasteiger partial charge < -0.3 is 10.2 Å². The number of hydrogen-bond acceptors (Lipinski definition) is 4. The van der Waals surface area contributed by atoms with E-state index in [1.165, 1.54) is 29.5 Å². The summed E-state index contributed by atoms with van der Waals surface area (Å²) in [6.07, 6.45) is -3.86. The lowest BCUT2D eigenvalue weighted by Crippen LogP contribution is -2.38. The molecule has 5 nitrogen and oxygen atoms in total. The van der Waals surface area contributed by atoms with Crippen LogP contribution in [0.25, 0.3) is 0 Å². The number of thiophene rings is 1. The summed E-state index contributed by atoms with van der Waals surface area (Å²) in [7, 11) is 0. The molecule has 0 spiro atoms. The SMILES string of the molecule is O=C(CN1CCCN(C(=O)c2sccc2Br)CC1)Nc1ccccc1C(F)(F)F. The van der Waals surface area contributed by atoms with Crippen molar-refractivity contribution in [2.24, 2.45) is 0 Å². The second kappa shape index (κ2) is 9.27. The Hall–Kier alpha value is -1.91. The van der Waals surface area contributed by atoms with Gasteiger partial charge in [0.2, 0.25) is 5.91 Å². The van der Waals surface area contributed by atoms with Gasteiger partial charge in [-0.15, -0.1) is 11.3 Å². The number of alkyl halides is 3. The van der Waals surface area contributed by atoms with E-state index < -0.39 is 17.6 Å². The molecular formula is C19H19BrF3N3O2S. The Morgan fingerprint density at radius 1 is 1.10 bits per heavy atom. The van der Waals surface area contributed by atoms with Crippen LogP contribution in [0.2, 0.25) is 0 Å².